The van der Waals surface area contributed by atoms with Gasteiger partial charge in [-0.3, -0.25) is 9.10 Å². The zero-order chi connectivity index (χ0) is 20.9. The molecule has 28 heavy (non-hydrogen) atoms. The number of hydrogen-bond donors (Lipinski definition) is 1. The van der Waals surface area contributed by atoms with Crippen LogP contribution in [0, 0.1) is 0 Å². The summed E-state index contributed by atoms with van der Waals surface area (Å²) in [4.78, 5) is 12.3. The second-order valence-electron chi connectivity index (χ2n) is 5.83. The van der Waals surface area contributed by atoms with E-state index in [0.29, 0.717) is 12.4 Å². The average molecular weight is 416 g/mol. The average Bonchev–Trinajstić information content (AvgIpc) is 2.59. The topological polar surface area (TPSA) is 75.7 Å². The third-order valence-electron chi connectivity index (χ3n) is 3.58. The summed E-state index contributed by atoms with van der Waals surface area (Å²) in [5.74, 6) is -0.363. The first kappa shape index (κ1) is 21.5. The Balaban J connectivity index is 2.22. The summed E-state index contributed by atoms with van der Waals surface area (Å²) in [7, 11) is -3.83. The number of sulfonamides is 1. The molecule has 6 nitrogen and oxygen atoms in total. The molecule has 0 aliphatic carbocycles. The standard InChI is InChI=1S/C18H19F3N2O4S/c1-3-27-16-9-5-8-15(11-16)23(28(2,25)26)12-17(24)22-14-7-4-6-13(10-14)18(19,20)21/h4-11H,3,12H2,1-2H3,(H,22,24). The summed E-state index contributed by atoms with van der Waals surface area (Å²) >= 11 is 0. The van der Waals surface area contributed by atoms with E-state index in [1.165, 1.54) is 18.2 Å². The molecule has 0 heterocycles. The highest BCUT2D eigenvalue weighted by Gasteiger charge is 2.30. The molecule has 0 aromatic heterocycles. The highest BCUT2D eigenvalue weighted by atomic mass is 32.2. The van der Waals surface area contributed by atoms with E-state index in [4.69, 9.17) is 4.74 Å². The number of carbonyl (C=O) groups is 1. The van der Waals surface area contributed by atoms with Crippen LogP contribution >= 0.6 is 0 Å². The van der Waals surface area contributed by atoms with Gasteiger partial charge in [-0.15, -0.1) is 0 Å². The largest absolute Gasteiger partial charge is 0.494 e. The molecule has 1 N–H and O–H groups in total. The van der Waals surface area contributed by atoms with Gasteiger partial charge in [-0.05, 0) is 37.3 Å². The summed E-state index contributed by atoms with van der Waals surface area (Å²) < 4.78 is 68.8. The van der Waals surface area contributed by atoms with Gasteiger partial charge in [0, 0.05) is 11.8 Å². The lowest BCUT2D eigenvalue weighted by atomic mass is 10.2. The Morgan fingerprint density at radius 3 is 2.43 bits per heavy atom. The molecule has 2 aromatic rings. The van der Waals surface area contributed by atoms with Gasteiger partial charge in [0.05, 0.1) is 24.1 Å². The number of alkyl halides is 3. The van der Waals surface area contributed by atoms with Crippen LogP contribution in [-0.4, -0.2) is 33.7 Å². The van der Waals surface area contributed by atoms with E-state index < -0.39 is 34.2 Å². The molecule has 10 heteroatoms. The molecule has 0 saturated heterocycles. The number of halogens is 3. The Morgan fingerprint density at radius 1 is 1.14 bits per heavy atom. The zero-order valence-corrected chi connectivity index (χ0v) is 16.0. The molecule has 2 aromatic carbocycles. The molecule has 0 saturated carbocycles. The van der Waals surface area contributed by atoms with Crippen molar-refractivity contribution in [2.45, 2.75) is 13.1 Å². The van der Waals surface area contributed by atoms with Gasteiger partial charge in [0.15, 0.2) is 0 Å². The molecule has 0 aliphatic heterocycles. The Kier molecular flexibility index (Phi) is 6.55. The normalized spacial score (nSPS) is 11.8. The van der Waals surface area contributed by atoms with E-state index in [2.05, 4.69) is 5.32 Å². The number of carbonyl (C=O) groups excluding carboxylic acids is 1. The zero-order valence-electron chi connectivity index (χ0n) is 15.2. The van der Waals surface area contributed by atoms with E-state index in [0.717, 1.165) is 28.8 Å². The van der Waals surface area contributed by atoms with Crippen LogP contribution in [0.25, 0.3) is 0 Å². The lowest BCUT2D eigenvalue weighted by molar-refractivity contribution is -0.137. The van der Waals surface area contributed by atoms with Crippen molar-refractivity contribution in [2.75, 3.05) is 29.0 Å². The van der Waals surface area contributed by atoms with E-state index in [9.17, 15) is 26.4 Å². The summed E-state index contributed by atoms with van der Waals surface area (Å²) in [6.07, 6.45) is -3.63. The van der Waals surface area contributed by atoms with E-state index in [1.54, 1.807) is 19.1 Å². The predicted octanol–water partition coefficient (Wildman–Crippen LogP) is 3.51. The molecular weight excluding hydrogens is 397 g/mol. The number of anilines is 2. The summed E-state index contributed by atoms with van der Waals surface area (Å²) in [5.41, 5.74) is -0.807. The first-order chi connectivity index (χ1) is 13.0. The van der Waals surface area contributed by atoms with E-state index >= 15 is 0 Å². The van der Waals surface area contributed by atoms with Crippen LogP contribution in [0.15, 0.2) is 48.5 Å². The fourth-order valence-electron chi connectivity index (χ4n) is 2.40. The lowest BCUT2D eigenvalue weighted by Crippen LogP contribution is -2.37. The van der Waals surface area contributed by atoms with Crippen molar-refractivity contribution in [3.8, 4) is 5.75 Å². The molecule has 1 amide bonds. The second-order valence-corrected chi connectivity index (χ2v) is 7.73. The minimum absolute atomic E-state index is 0.0867. The Hall–Kier alpha value is -2.75. The fourth-order valence-corrected chi connectivity index (χ4v) is 3.25. The van der Waals surface area contributed by atoms with Crippen molar-refractivity contribution >= 4 is 27.3 Å². The van der Waals surface area contributed by atoms with Crippen LogP contribution in [0.3, 0.4) is 0 Å². The molecule has 0 spiro atoms. The minimum atomic E-state index is -4.56. The number of hydrogen-bond acceptors (Lipinski definition) is 4. The molecule has 0 radical (unpaired) electrons. The van der Waals surface area contributed by atoms with Crippen molar-refractivity contribution in [3.63, 3.8) is 0 Å². The molecule has 2 rings (SSSR count). The highest BCUT2D eigenvalue weighted by molar-refractivity contribution is 7.92. The molecule has 0 bridgehead atoms. The van der Waals surface area contributed by atoms with E-state index in [1.807, 2.05) is 0 Å². The van der Waals surface area contributed by atoms with Crippen molar-refractivity contribution in [2.24, 2.45) is 0 Å². The second kappa shape index (κ2) is 8.51. The predicted molar refractivity (Wildman–Crippen MR) is 99.9 cm³/mol. The van der Waals surface area contributed by atoms with Crippen molar-refractivity contribution in [1.82, 2.24) is 0 Å². The van der Waals surface area contributed by atoms with Gasteiger partial charge in [-0.1, -0.05) is 12.1 Å². The smallest absolute Gasteiger partial charge is 0.416 e. The number of rotatable bonds is 7. The molecule has 152 valence electrons. The third-order valence-corrected chi connectivity index (χ3v) is 4.72. The fraction of sp³-hybridized carbons (Fsp3) is 0.278. The molecular formula is C18H19F3N2O4S. The first-order valence-corrected chi connectivity index (χ1v) is 10.0. The molecule has 0 atom stereocenters. The van der Waals surface area contributed by atoms with Gasteiger partial charge in [-0.2, -0.15) is 13.2 Å². The van der Waals surface area contributed by atoms with Crippen molar-refractivity contribution < 1.29 is 31.1 Å². The highest BCUT2D eigenvalue weighted by Crippen LogP contribution is 2.30. The van der Waals surface area contributed by atoms with Crippen LogP contribution in [0.2, 0.25) is 0 Å². The van der Waals surface area contributed by atoms with Gasteiger partial charge < -0.3 is 10.1 Å². The van der Waals surface area contributed by atoms with Gasteiger partial charge in [0.2, 0.25) is 15.9 Å². The summed E-state index contributed by atoms with van der Waals surface area (Å²) in [6.45, 7) is 1.53. The van der Waals surface area contributed by atoms with Crippen molar-refractivity contribution in [1.29, 1.82) is 0 Å². The van der Waals surface area contributed by atoms with Crippen LogP contribution in [0.5, 0.6) is 5.75 Å². The maximum atomic E-state index is 12.8. The van der Waals surface area contributed by atoms with Gasteiger partial charge in [-0.25, -0.2) is 8.42 Å². The minimum Gasteiger partial charge on any atom is -0.494 e. The Bertz CT molecular complexity index is 946. The van der Waals surface area contributed by atoms with Crippen LogP contribution < -0.4 is 14.4 Å². The maximum absolute atomic E-state index is 12.8. The SMILES string of the molecule is CCOc1cccc(N(CC(=O)Nc2cccc(C(F)(F)F)c2)S(C)(=O)=O)c1. The monoisotopic (exact) mass is 416 g/mol. The lowest BCUT2D eigenvalue weighted by Gasteiger charge is -2.22. The van der Waals surface area contributed by atoms with Crippen LogP contribution in [0.1, 0.15) is 12.5 Å². The Morgan fingerprint density at radius 2 is 1.82 bits per heavy atom. The number of benzene rings is 2. The number of nitrogens with zero attached hydrogens (tertiary/aromatic N) is 1. The maximum Gasteiger partial charge on any atom is 0.416 e. The number of amides is 1. The van der Waals surface area contributed by atoms with Gasteiger partial charge in [0.1, 0.15) is 12.3 Å². The Labute approximate surface area is 161 Å². The first-order valence-electron chi connectivity index (χ1n) is 8.18. The van der Waals surface area contributed by atoms with Gasteiger partial charge in [0.25, 0.3) is 0 Å². The third kappa shape index (κ3) is 5.88. The number of nitrogens with one attached hydrogen (secondary N) is 1. The molecule has 0 unspecified atom stereocenters. The van der Waals surface area contributed by atoms with Crippen LogP contribution in [-0.2, 0) is 21.0 Å². The molecule has 0 fully saturated rings. The van der Waals surface area contributed by atoms with Gasteiger partial charge >= 0.3 is 6.18 Å². The van der Waals surface area contributed by atoms with Crippen LogP contribution in [0.4, 0.5) is 24.5 Å². The molecule has 0 aliphatic rings. The van der Waals surface area contributed by atoms with Crippen molar-refractivity contribution in [3.05, 3.63) is 54.1 Å². The van der Waals surface area contributed by atoms with E-state index in [-0.39, 0.29) is 11.4 Å². The quantitative estimate of drug-likeness (QED) is 0.750. The summed E-state index contributed by atoms with van der Waals surface area (Å²) in [6, 6.07) is 10.2. The summed E-state index contributed by atoms with van der Waals surface area (Å²) in [5, 5.41) is 2.29. The number of ether oxygens (including phenoxy) is 1.